The van der Waals surface area contributed by atoms with Gasteiger partial charge >= 0.3 is 5.97 Å². The first-order chi connectivity index (χ1) is 7.11. The molecule has 1 heterocycles. The second kappa shape index (κ2) is 3.64. The third-order valence-electron chi connectivity index (χ3n) is 3.29. The van der Waals surface area contributed by atoms with Crippen LogP contribution in [0, 0.1) is 11.8 Å². The van der Waals surface area contributed by atoms with Crippen LogP contribution in [0.2, 0.25) is 0 Å². The molecule has 0 bridgehead atoms. The number of rotatable bonds is 1. The van der Waals surface area contributed by atoms with Gasteiger partial charge in [-0.25, -0.2) is 4.79 Å². The Morgan fingerprint density at radius 3 is 2.40 bits per heavy atom. The molecule has 1 amide bonds. The lowest BCUT2D eigenvalue weighted by Crippen LogP contribution is -2.58. The monoisotopic (exact) mass is 211 g/mol. The van der Waals surface area contributed by atoms with Gasteiger partial charge in [-0.3, -0.25) is 9.59 Å². The fourth-order valence-corrected chi connectivity index (χ4v) is 2.50. The summed E-state index contributed by atoms with van der Waals surface area (Å²) in [6.45, 7) is 0. The Bertz CT molecular complexity index is 325. The maximum absolute atomic E-state index is 11.8. The Morgan fingerprint density at radius 1 is 1.20 bits per heavy atom. The van der Waals surface area contributed by atoms with Gasteiger partial charge in [-0.1, -0.05) is 12.8 Å². The van der Waals surface area contributed by atoms with Gasteiger partial charge < -0.3 is 10.4 Å². The first kappa shape index (κ1) is 10.1. The Hall–Kier alpha value is -1.39. The summed E-state index contributed by atoms with van der Waals surface area (Å²) in [6.07, 6.45) is 3.21. The number of carbonyl (C=O) groups excluding carboxylic acids is 2. The molecular weight excluding hydrogens is 198 g/mol. The average molecular weight is 211 g/mol. The van der Waals surface area contributed by atoms with Gasteiger partial charge in [-0.05, 0) is 12.8 Å². The molecule has 2 rings (SSSR count). The second-order valence-corrected chi connectivity index (χ2v) is 4.18. The molecule has 1 saturated carbocycles. The number of nitrogens with one attached hydrogen (secondary N) is 1. The lowest BCUT2D eigenvalue weighted by Gasteiger charge is -2.36. The number of carboxylic acid groups (broad SMARTS) is 1. The highest BCUT2D eigenvalue weighted by Gasteiger charge is 2.46. The van der Waals surface area contributed by atoms with Crippen LogP contribution < -0.4 is 5.32 Å². The molecule has 3 atom stereocenters. The van der Waals surface area contributed by atoms with Gasteiger partial charge in [0.2, 0.25) is 5.91 Å². The van der Waals surface area contributed by atoms with Crippen molar-refractivity contribution in [1.82, 2.24) is 5.32 Å². The standard InChI is InChI=1S/C10H13NO4/c12-8-5-3-1-2-4-6(5)9(13)11-7(8)10(14)15/h5-7H,1-4H2,(H,11,13)(H,14,15). The predicted octanol–water partition coefficient (Wildman–Crippen LogP) is -0.0551. The minimum atomic E-state index is -1.32. The summed E-state index contributed by atoms with van der Waals surface area (Å²) in [6, 6.07) is -1.32. The molecular formula is C10H13NO4. The van der Waals surface area contributed by atoms with Gasteiger partial charge in [0.1, 0.15) is 0 Å². The van der Waals surface area contributed by atoms with Gasteiger partial charge in [0, 0.05) is 11.8 Å². The third kappa shape index (κ3) is 1.62. The molecule has 0 aromatic rings. The number of piperidine rings is 1. The minimum absolute atomic E-state index is 0.272. The lowest BCUT2D eigenvalue weighted by molar-refractivity contribution is -0.153. The smallest absolute Gasteiger partial charge is 0.334 e. The highest BCUT2D eigenvalue weighted by molar-refractivity contribution is 6.10. The van der Waals surface area contributed by atoms with Crippen LogP contribution in [0.5, 0.6) is 0 Å². The molecule has 15 heavy (non-hydrogen) atoms. The van der Waals surface area contributed by atoms with E-state index >= 15 is 0 Å². The van der Waals surface area contributed by atoms with Crippen molar-refractivity contribution in [3.63, 3.8) is 0 Å². The Balaban J connectivity index is 2.22. The van der Waals surface area contributed by atoms with Gasteiger partial charge in [-0.2, -0.15) is 0 Å². The van der Waals surface area contributed by atoms with E-state index in [1.165, 1.54) is 0 Å². The van der Waals surface area contributed by atoms with E-state index in [2.05, 4.69) is 5.32 Å². The predicted molar refractivity (Wildman–Crippen MR) is 50.0 cm³/mol. The maximum atomic E-state index is 11.8. The molecule has 2 aliphatic rings. The zero-order valence-electron chi connectivity index (χ0n) is 8.23. The van der Waals surface area contributed by atoms with Crippen LogP contribution >= 0.6 is 0 Å². The molecule has 1 aliphatic carbocycles. The zero-order valence-corrected chi connectivity index (χ0v) is 8.23. The molecule has 0 radical (unpaired) electrons. The first-order valence-corrected chi connectivity index (χ1v) is 5.18. The van der Waals surface area contributed by atoms with Crippen molar-refractivity contribution in [3.8, 4) is 0 Å². The maximum Gasteiger partial charge on any atom is 0.334 e. The number of hydrogen-bond acceptors (Lipinski definition) is 3. The van der Waals surface area contributed by atoms with Crippen molar-refractivity contribution in [3.05, 3.63) is 0 Å². The number of carboxylic acids is 1. The summed E-state index contributed by atoms with van der Waals surface area (Å²) in [4.78, 5) is 34.1. The number of aliphatic carboxylic acids is 1. The summed E-state index contributed by atoms with van der Waals surface area (Å²) in [5.41, 5.74) is 0. The van der Waals surface area contributed by atoms with E-state index in [4.69, 9.17) is 5.11 Å². The lowest BCUT2D eigenvalue weighted by atomic mass is 9.72. The van der Waals surface area contributed by atoms with E-state index in [1.54, 1.807) is 0 Å². The summed E-state index contributed by atoms with van der Waals surface area (Å²) >= 11 is 0. The molecule has 0 spiro atoms. The van der Waals surface area contributed by atoms with Crippen LogP contribution in [0.3, 0.4) is 0 Å². The third-order valence-corrected chi connectivity index (χ3v) is 3.29. The largest absolute Gasteiger partial charge is 0.479 e. The molecule has 5 heteroatoms. The van der Waals surface area contributed by atoms with Gasteiger partial charge in [0.25, 0.3) is 0 Å². The van der Waals surface area contributed by atoms with E-state index < -0.39 is 12.0 Å². The Kier molecular flexibility index (Phi) is 2.46. The van der Waals surface area contributed by atoms with E-state index in [-0.39, 0.29) is 23.5 Å². The normalized spacial score (nSPS) is 35.6. The number of carbonyl (C=O) groups is 3. The quantitative estimate of drug-likeness (QED) is 0.595. The molecule has 1 saturated heterocycles. The number of hydrogen-bond donors (Lipinski definition) is 2. The molecule has 5 nitrogen and oxygen atoms in total. The molecule has 2 N–H and O–H groups in total. The van der Waals surface area contributed by atoms with E-state index in [9.17, 15) is 14.4 Å². The second-order valence-electron chi connectivity index (χ2n) is 4.18. The number of Topliss-reactive ketones (excluding diaryl/α,β-unsaturated/α-hetero) is 1. The van der Waals surface area contributed by atoms with Crippen molar-refractivity contribution in [2.75, 3.05) is 0 Å². The van der Waals surface area contributed by atoms with Crippen molar-refractivity contribution in [1.29, 1.82) is 0 Å². The molecule has 0 aromatic heterocycles. The number of ketones is 1. The molecule has 3 unspecified atom stereocenters. The van der Waals surface area contributed by atoms with Crippen molar-refractivity contribution in [2.45, 2.75) is 31.7 Å². The van der Waals surface area contributed by atoms with Crippen molar-refractivity contribution in [2.24, 2.45) is 11.8 Å². The van der Waals surface area contributed by atoms with Gasteiger partial charge in [-0.15, -0.1) is 0 Å². The number of fused-ring (bicyclic) bond motifs is 1. The topological polar surface area (TPSA) is 83.5 Å². The van der Waals surface area contributed by atoms with E-state index in [0.717, 1.165) is 12.8 Å². The molecule has 82 valence electrons. The SMILES string of the molecule is O=C(O)C1NC(=O)C2CCCCC2C1=O. The highest BCUT2D eigenvalue weighted by atomic mass is 16.4. The van der Waals surface area contributed by atoms with Crippen molar-refractivity contribution < 1.29 is 19.5 Å². The molecule has 2 fully saturated rings. The van der Waals surface area contributed by atoms with Crippen molar-refractivity contribution >= 4 is 17.7 Å². The van der Waals surface area contributed by atoms with Crippen LogP contribution in [-0.2, 0) is 14.4 Å². The summed E-state index contributed by atoms with van der Waals surface area (Å²) in [5.74, 6) is -2.51. The van der Waals surface area contributed by atoms with Crippen LogP contribution in [0.25, 0.3) is 0 Å². The highest BCUT2D eigenvalue weighted by Crippen LogP contribution is 2.34. The van der Waals surface area contributed by atoms with Crippen LogP contribution in [0.1, 0.15) is 25.7 Å². The zero-order chi connectivity index (χ0) is 11.0. The van der Waals surface area contributed by atoms with Crippen LogP contribution in [-0.4, -0.2) is 28.8 Å². The van der Waals surface area contributed by atoms with Gasteiger partial charge in [0.05, 0.1) is 0 Å². The van der Waals surface area contributed by atoms with E-state index in [1.807, 2.05) is 0 Å². The molecule has 0 aromatic carbocycles. The summed E-state index contributed by atoms with van der Waals surface area (Å²) in [5, 5.41) is 11.1. The minimum Gasteiger partial charge on any atom is -0.479 e. The first-order valence-electron chi connectivity index (χ1n) is 5.18. The summed E-state index contributed by atoms with van der Waals surface area (Å²) < 4.78 is 0. The van der Waals surface area contributed by atoms with E-state index in [0.29, 0.717) is 12.8 Å². The number of amides is 1. The Labute approximate surface area is 86.8 Å². The Morgan fingerprint density at radius 2 is 1.80 bits per heavy atom. The fourth-order valence-electron chi connectivity index (χ4n) is 2.50. The average Bonchev–Trinajstić information content (AvgIpc) is 2.23. The van der Waals surface area contributed by atoms with Crippen LogP contribution in [0.15, 0.2) is 0 Å². The van der Waals surface area contributed by atoms with Gasteiger partial charge in [0.15, 0.2) is 11.8 Å². The fraction of sp³-hybridized carbons (Fsp3) is 0.700. The molecule has 1 aliphatic heterocycles. The van der Waals surface area contributed by atoms with Crippen LogP contribution in [0.4, 0.5) is 0 Å². The summed E-state index contributed by atoms with van der Waals surface area (Å²) in [7, 11) is 0.